The first-order chi connectivity index (χ1) is 12.4. The highest BCUT2D eigenvalue weighted by Crippen LogP contribution is 2.38. The molecule has 0 bridgehead atoms. The number of carbonyl (C=O) groups is 3. The maximum absolute atomic E-state index is 13.4. The molecule has 0 atom stereocenters. The molecule has 2 aliphatic rings. The first kappa shape index (κ1) is 19.8. The van der Waals surface area contributed by atoms with Crippen LogP contribution >= 0.6 is 33.9 Å². The van der Waals surface area contributed by atoms with Crippen LogP contribution in [0.25, 0.3) is 0 Å². The molecule has 7 heteroatoms. The number of carboxylic acid groups (broad SMARTS) is 1. The SMILES string of the molecule is CC1CCC(C(=O)N(c2cc(I)sc2C(=O)O)C2CCC(=O)CC2)CC1. The van der Waals surface area contributed by atoms with E-state index in [0.29, 0.717) is 37.3 Å². The summed E-state index contributed by atoms with van der Waals surface area (Å²) in [6, 6.07) is 1.73. The standard InChI is InChI=1S/C19H24INO4S/c1-11-2-4-12(5-3-11)18(23)21(13-6-8-14(22)9-7-13)15-10-16(20)26-17(15)19(24)25/h10-13H,2-9H2,1H3,(H,24,25). The van der Waals surface area contributed by atoms with E-state index in [2.05, 4.69) is 29.5 Å². The Bertz CT molecular complexity index is 698. The van der Waals surface area contributed by atoms with Gasteiger partial charge in [0.05, 0.1) is 8.57 Å². The fourth-order valence-corrected chi connectivity index (χ4v) is 5.74. The van der Waals surface area contributed by atoms with Crippen molar-refractivity contribution in [1.82, 2.24) is 0 Å². The van der Waals surface area contributed by atoms with Gasteiger partial charge in [0.2, 0.25) is 5.91 Å². The molecule has 0 aromatic carbocycles. The Kier molecular flexibility index (Phi) is 6.37. The molecule has 1 aromatic rings. The monoisotopic (exact) mass is 489 g/mol. The topological polar surface area (TPSA) is 74.7 Å². The third-order valence-electron chi connectivity index (χ3n) is 5.62. The van der Waals surface area contributed by atoms with Crippen molar-refractivity contribution in [1.29, 1.82) is 0 Å². The predicted molar refractivity (Wildman–Crippen MR) is 110 cm³/mol. The number of hydrogen-bond donors (Lipinski definition) is 1. The van der Waals surface area contributed by atoms with Gasteiger partial charge in [-0.2, -0.15) is 0 Å². The van der Waals surface area contributed by atoms with E-state index in [1.165, 1.54) is 11.3 Å². The molecule has 1 N–H and O–H groups in total. The van der Waals surface area contributed by atoms with E-state index < -0.39 is 5.97 Å². The van der Waals surface area contributed by atoms with Crippen molar-refractivity contribution in [3.63, 3.8) is 0 Å². The molecule has 0 unspecified atom stereocenters. The van der Waals surface area contributed by atoms with Gasteiger partial charge in [0.15, 0.2) is 0 Å². The third kappa shape index (κ3) is 4.30. The maximum Gasteiger partial charge on any atom is 0.348 e. The van der Waals surface area contributed by atoms with E-state index in [9.17, 15) is 19.5 Å². The number of hydrogen-bond acceptors (Lipinski definition) is 4. The van der Waals surface area contributed by atoms with Crippen LogP contribution in [0.5, 0.6) is 0 Å². The number of nitrogens with zero attached hydrogens (tertiary/aromatic N) is 1. The summed E-state index contributed by atoms with van der Waals surface area (Å²) in [5, 5.41) is 9.61. The number of halogens is 1. The second kappa shape index (κ2) is 8.37. The highest BCUT2D eigenvalue weighted by Gasteiger charge is 2.37. The predicted octanol–water partition coefficient (Wildman–Crippen LogP) is 4.72. The van der Waals surface area contributed by atoms with Crippen LogP contribution in [-0.2, 0) is 9.59 Å². The maximum atomic E-state index is 13.4. The summed E-state index contributed by atoms with van der Waals surface area (Å²) in [4.78, 5) is 38.8. The number of carbonyl (C=O) groups excluding carboxylic acids is 2. The van der Waals surface area contributed by atoms with Gasteiger partial charge in [-0.1, -0.05) is 6.92 Å². The Morgan fingerprint density at radius 2 is 1.77 bits per heavy atom. The minimum absolute atomic E-state index is 0.0389. The number of thiophene rings is 1. The van der Waals surface area contributed by atoms with Crippen molar-refractivity contribution in [2.75, 3.05) is 4.90 Å². The molecular formula is C19H24INO4S. The summed E-state index contributed by atoms with van der Waals surface area (Å²) < 4.78 is 0.858. The van der Waals surface area contributed by atoms with Crippen molar-refractivity contribution >= 4 is 57.3 Å². The number of carboxylic acids is 1. The minimum atomic E-state index is -0.991. The quantitative estimate of drug-likeness (QED) is 0.622. The Labute approximate surface area is 171 Å². The first-order valence-electron chi connectivity index (χ1n) is 9.24. The van der Waals surface area contributed by atoms with E-state index in [4.69, 9.17) is 0 Å². The molecule has 1 heterocycles. The first-order valence-corrected chi connectivity index (χ1v) is 11.1. The van der Waals surface area contributed by atoms with Crippen LogP contribution < -0.4 is 4.90 Å². The summed E-state index contributed by atoms with van der Waals surface area (Å²) >= 11 is 3.32. The smallest absolute Gasteiger partial charge is 0.348 e. The highest BCUT2D eigenvalue weighted by atomic mass is 127. The van der Waals surface area contributed by atoms with Crippen molar-refractivity contribution in [2.24, 2.45) is 11.8 Å². The fraction of sp³-hybridized carbons (Fsp3) is 0.632. The summed E-state index contributed by atoms with van der Waals surface area (Å²) in [5.41, 5.74) is 0.523. The van der Waals surface area contributed by atoms with Crippen LogP contribution in [-0.4, -0.2) is 28.8 Å². The van der Waals surface area contributed by atoms with Crippen molar-refractivity contribution < 1.29 is 19.5 Å². The molecule has 2 aliphatic carbocycles. The van der Waals surface area contributed by atoms with Gasteiger partial charge in [-0.3, -0.25) is 9.59 Å². The van der Waals surface area contributed by atoms with E-state index in [1.807, 2.05) is 6.07 Å². The zero-order chi connectivity index (χ0) is 18.8. The summed E-state index contributed by atoms with van der Waals surface area (Å²) in [7, 11) is 0. The number of aromatic carboxylic acids is 1. The van der Waals surface area contributed by atoms with Crippen LogP contribution in [0.4, 0.5) is 5.69 Å². The largest absolute Gasteiger partial charge is 0.477 e. The molecule has 1 aromatic heterocycles. The molecule has 0 spiro atoms. The summed E-state index contributed by atoms with van der Waals surface area (Å²) in [5.74, 6) is -0.0965. The summed E-state index contributed by atoms with van der Waals surface area (Å²) in [6.45, 7) is 2.22. The normalized spacial score (nSPS) is 24.5. The molecule has 1 amide bonds. The lowest BCUT2D eigenvalue weighted by Crippen LogP contribution is -2.46. The highest BCUT2D eigenvalue weighted by molar-refractivity contribution is 14.1. The minimum Gasteiger partial charge on any atom is -0.477 e. The lowest BCUT2D eigenvalue weighted by molar-refractivity contribution is -0.125. The van der Waals surface area contributed by atoms with Gasteiger partial charge in [-0.05, 0) is 73.1 Å². The number of rotatable bonds is 4. The van der Waals surface area contributed by atoms with Crippen LogP contribution in [0.15, 0.2) is 6.07 Å². The Morgan fingerprint density at radius 1 is 1.15 bits per heavy atom. The van der Waals surface area contributed by atoms with Crippen LogP contribution in [0.3, 0.4) is 0 Å². The van der Waals surface area contributed by atoms with Gasteiger partial charge >= 0.3 is 5.97 Å². The van der Waals surface area contributed by atoms with Crippen LogP contribution in [0, 0.1) is 14.7 Å². The van der Waals surface area contributed by atoms with Gasteiger partial charge in [0.1, 0.15) is 10.7 Å². The van der Waals surface area contributed by atoms with E-state index in [1.54, 1.807) is 4.90 Å². The van der Waals surface area contributed by atoms with Gasteiger partial charge in [0.25, 0.3) is 0 Å². The lowest BCUT2D eigenvalue weighted by atomic mass is 9.81. The zero-order valence-corrected chi connectivity index (χ0v) is 17.8. The molecule has 0 radical (unpaired) electrons. The number of ketones is 1. The van der Waals surface area contributed by atoms with Crippen molar-refractivity contribution in [3.8, 4) is 0 Å². The molecule has 5 nitrogen and oxygen atoms in total. The molecule has 2 saturated carbocycles. The van der Waals surface area contributed by atoms with Gasteiger partial charge in [-0.15, -0.1) is 11.3 Å². The van der Waals surface area contributed by atoms with E-state index in [-0.39, 0.29) is 28.5 Å². The molecule has 3 rings (SSSR count). The number of anilines is 1. The van der Waals surface area contributed by atoms with Gasteiger partial charge in [-0.25, -0.2) is 4.79 Å². The lowest BCUT2D eigenvalue weighted by Gasteiger charge is -2.37. The molecular weight excluding hydrogens is 465 g/mol. The van der Waals surface area contributed by atoms with Crippen LogP contribution in [0.2, 0.25) is 0 Å². The Hall–Kier alpha value is -0.960. The molecule has 0 saturated heterocycles. The van der Waals surface area contributed by atoms with Crippen LogP contribution in [0.1, 0.15) is 68.0 Å². The van der Waals surface area contributed by atoms with E-state index in [0.717, 1.165) is 28.6 Å². The second-order valence-electron chi connectivity index (χ2n) is 7.50. The number of Topliss-reactive ketones (excluding diaryl/α,β-unsaturated/α-hetero) is 1. The van der Waals surface area contributed by atoms with E-state index >= 15 is 0 Å². The average molecular weight is 489 g/mol. The Balaban J connectivity index is 1.93. The molecule has 26 heavy (non-hydrogen) atoms. The molecule has 0 aliphatic heterocycles. The molecule has 142 valence electrons. The molecule has 2 fully saturated rings. The van der Waals surface area contributed by atoms with Crippen molar-refractivity contribution in [2.45, 2.75) is 64.3 Å². The van der Waals surface area contributed by atoms with Gasteiger partial charge < -0.3 is 10.0 Å². The third-order valence-corrected chi connectivity index (χ3v) is 7.49. The average Bonchev–Trinajstić information content (AvgIpc) is 2.99. The van der Waals surface area contributed by atoms with Crippen molar-refractivity contribution in [3.05, 3.63) is 13.8 Å². The summed E-state index contributed by atoms with van der Waals surface area (Å²) in [6.07, 6.45) is 6.01. The fourth-order valence-electron chi connectivity index (χ4n) is 4.07. The Morgan fingerprint density at radius 3 is 2.35 bits per heavy atom. The zero-order valence-electron chi connectivity index (χ0n) is 14.9. The number of amides is 1. The second-order valence-corrected chi connectivity index (χ2v) is 10.5. The van der Waals surface area contributed by atoms with Gasteiger partial charge in [0, 0.05) is 24.8 Å².